The fraction of sp³-hybridized carbons (Fsp3) is 0.500. The second-order valence-corrected chi connectivity index (χ2v) is 4.98. The summed E-state index contributed by atoms with van der Waals surface area (Å²) in [5.74, 6) is -0.898. The maximum absolute atomic E-state index is 10.8. The summed E-state index contributed by atoms with van der Waals surface area (Å²) in [6, 6.07) is 5.09. The van der Waals surface area contributed by atoms with Gasteiger partial charge in [0, 0.05) is 19.3 Å². The maximum Gasteiger partial charge on any atom is 0.335 e. The molecule has 1 aromatic carbocycles. The van der Waals surface area contributed by atoms with Gasteiger partial charge in [0.25, 0.3) is 0 Å². The number of aryl methyl sites for hydroxylation is 1. The predicted octanol–water partition coefficient (Wildman–Crippen LogP) is 2.92. The number of rotatable bonds is 6. The molecule has 1 aromatic rings. The van der Waals surface area contributed by atoms with E-state index in [0.717, 1.165) is 24.2 Å². The van der Waals surface area contributed by atoms with Crippen molar-refractivity contribution in [3.8, 4) is 0 Å². The highest BCUT2D eigenvalue weighted by Crippen LogP contribution is 2.18. The van der Waals surface area contributed by atoms with Crippen LogP contribution in [0.4, 0.5) is 5.69 Å². The van der Waals surface area contributed by atoms with Crippen LogP contribution < -0.4 is 5.32 Å². The van der Waals surface area contributed by atoms with Crippen LogP contribution in [0.1, 0.15) is 36.2 Å². The van der Waals surface area contributed by atoms with Gasteiger partial charge in [0.05, 0.1) is 11.2 Å². The van der Waals surface area contributed by atoms with E-state index >= 15 is 0 Å². The van der Waals surface area contributed by atoms with Crippen LogP contribution in [0.5, 0.6) is 0 Å². The summed E-state index contributed by atoms with van der Waals surface area (Å²) >= 11 is 0. The second kappa shape index (κ2) is 5.87. The number of nitrogens with one attached hydrogen (secondary N) is 1. The van der Waals surface area contributed by atoms with Gasteiger partial charge in [0.2, 0.25) is 0 Å². The van der Waals surface area contributed by atoms with E-state index in [9.17, 15) is 4.79 Å². The molecular formula is C14H21NO3. The molecule has 0 radical (unpaired) electrons. The summed E-state index contributed by atoms with van der Waals surface area (Å²) < 4.78 is 5.34. The molecule has 0 spiro atoms. The number of benzene rings is 1. The number of methoxy groups -OCH3 is 1. The van der Waals surface area contributed by atoms with Crippen LogP contribution in [0, 0.1) is 6.92 Å². The Labute approximate surface area is 108 Å². The lowest BCUT2D eigenvalue weighted by atomic mass is 10.0. The summed E-state index contributed by atoms with van der Waals surface area (Å²) in [6.45, 7) is 6.76. The van der Waals surface area contributed by atoms with Crippen LogP contribution in [0.3, 0.4) is 0 Å². The second-order valence-electron chi connectivity index (χ2n) is 4.98. The number of carboxylic acids is 1. The molecule has 18 heavy (non-hydrogen) atoms. The first kappa shape index (κ1) is 14.5. The van der Waals surface area contributed by atoms with E-state index < -0.39 is 5.97 Å². The lowest BCUT2D eigenvalue weighted by Gasteiger charge is -2.23. The molecule has 4 heteroatoms. The molecule has 100 valence electrons. The van der Waals surface area contributed by atoms with Crippen molar-refractivity contribution >= 4 is 11.7 Å². The summed E-state index contributed by atoms with van der Waals surface area (Å²) in [7, 11) is 1.70. The largest absolute Gasteiger partial charge is 0.478 e. The van der Waals surface area contributed by atoms with Crippen molar-refractivity contribution in [3.05, 3.63) is 29.3 Å². The van der Waals surface area contributed by atoms with Crippen LogP contribution in [0.2, 0.25) is 0 Å². The van der Waals surface area contributed by atoms with E-state index in [2.05, 4.69) is 5.32 Å². The molecular weight excluding hydrogens is 230 g/mol. The average Bonchev–Trinajstić information content (AvgIpc) is 2.31. The monoisotopic (exact) mass is 251 g/mol. The standard InChI is InChI=1S/C14H21NO3/c1-10-9-11(13(16)17)5-6-12(10)15-8-7-14(2,3)18-4/h5-6,9,15H,7-8H2,1-4H3,(H,16,17). The third kappa shape index (κ3) is 4.04. The molecule has 0 saturated carbocycles. The van der Waals surface area contributed by atoms with E-state index in [1.54, 1.807) is 25.3 Å². The van der Waals surface area contributed by atoms with Crippen LogP contribution in [-0.2, 0) is 4.74 Å². The van der Waals surface area contributed by atoms with Gasteiger partial charge in [-0.05, 0) is 51.0 Å². The molecule has 2 N–H and O–H groups in total. The molecule has 0 fully saturated rings. The van der Waals surface area contributed by atoms with Gasteiger partial charge in [-0.1, -0.05) is 0 Å². The minimum absolute atomic E-state index is 0.151. The van der Waals surface area contributed by atoms with E-state index in [1.807, 2.05) is 20.8 Å². The third-order valence-electron chi connectivity index (χ3n) is 3.07. The average molecular weight is 251 g/mol. The SMILES string of the molecule is COC(C)(C)CCNc1ccc(C(=O)O)cc1C. The molecule has 0 atom stereocenters. The van der Waals surface area contributed by atoms with Crippen molar-refractivity contribution in [1.29, 1.82) is 0 Å². The Hall–Kier alpha value is -1.55. The quantitative estimate of drug-likeness (QED) is 0.816. The summed E-state index contributed by atoms with van der Waals surface area (Å²) in [4.78, 5) is 10.8. The van der Waals surface area contributed by atoms with Crippen molar-refractivity contribution in [2.75, 3.05) is 19.0 Å². The highest BCUT2D eigenvalue weighted by Gasteiger charge is 2.15. The highest BCUT2D eigenvalue weighted by atomic mass is 16.5. The van der Waals surface area contributed by atoms with E-state index in [1.165, 1.54) is 0 Å². The van der Waals surface area contributed by atoms with E-state index in [0.29, 0.717) is 5.56 Å². The minimum atomic E-state index is -0.898. The van der Waals surface area contributed by atoms with Crippen molar-refractivity contribution in [2.45, 2.75) is 32.8 Å². The Kier molecular flexibility index (Phi) is 4.73. The number of anilines is 1. The first-order valence-corrected chi connectivity index (χ1v) is 5.99. The van der Waals surface area contributed by atoms with Crippen molar-refractivity contribution in [2.24, 2.45) is 0 Å². The molecule has 0 heterocycles. The van der Waals surface area contributed by atoms with Crippen molar-refractivity contribution < 1.29 is 14.6 Å². The zero-order chi connectivity index (χ0) is 13.8. The van der Waals surface area contributed by atoms with Gasteiger partial charge in [0.15, 0.2) is 0 Å². The number of ether oxygens (including phenoxy) is 1. The van der Waals surface area contributed by atoms with Gasteiger partial charge in [-0.15, -0.1) is 0 Å². The predicted molar refractivity (Wildman–Crippen MR) is 72.3 cm³/mol. The summed E-state index contributed by atoms with van der Waals surface area (Å²) in [5.41, 5.74) is 2.06. The summed E-state index contributed by atoms with van der Waals surface area (Å²) in [5, 5.41) is 12.2. The number of carbonyl (C=O) groups is 1. The molecule has 0 unspecified atom stereocenters. The fourth-order valence-corrected chi connectivity index (χ4v) is 1.60. The first-order chi connectivity index (χ1) is 8.35. The van der Waals surface area contributed by atoms with E-state index in [4.69, 9.17) is 9.84 Å². The zero-order valence-corrected chi connectivity index (χ0v) is 11.4. The number of hydrogen-bond acceptors (Lipinski definition) is 3. The van der Waals surface area contributed by atoms with Gasteiger partial charge >= 0.3 is 5.97 Å². The lowest BCUT2D eigenvalue weighted by Crippen LogP contribution is -2.25. The van der Waals surface area contributed by atoms with Gasteiger partial charge in [0.1, 0.15) is 0 Å². The first-order valence-electron chi connectivity index (χ1n) is 5.99. The van der Waals surface area contributed by atoms with Gasteiger partial charge in [-0.3, -0.25) is 0 Å². The maximum atomic E-state index is 10.8. The molecule has 0 amide bonds. The smallest absolute Gasteiger partial charge is 0.335 e. The van der Waals surface area contributed by atoms with Crippen molar-refractivity contribution in [3.63, 3.8) is 0 Å². The topological polar surface area (TPSA) is 58.6 Å². The highest BCUT2D eigenvalue weighted by molar-refractivity contribution is 5.88. The number of hydrogen-bond donors (Lipinski definition) is 2. The number of carboxylic acid groups (broad SMARTS) is 1. The van der Waals surface area contributed by atoms with Crippen LogP contribution in [0.15, 0.2) is 18.2 Å². The van der Waals surface area contributed by atoms with Crippen molar-refractivity contribution in [1.82, 2.24) is 0 Å². The van der Waals surface area contributed by atoms with Gasteiger partial charge in [-0.25, -0.2) is 4.79 Å². The Balaban J connectivity index is 2.61. The lowest BCUT2D eigenvalue weighted by molar-refractivity contribution is 0.0185. The van der Waals surface area contributed by atoms with Crippen LogP contribution >= 0.6 is 0 Å². The number of aromatic carboxylic acids is 1. The molecule has 1 rings (SSSR count). The molecule has 0 aromatic heterocycles. The molecule has 4 nitrogen and oxygen atoms in total. The van der Waals surface area contributed by atoms with Crippen LogP contribution in [0.25, 0.3) is 0 Å². The zero-order valence-electron chi connectivity index (χ0n) is 11.4. The van der Waals surface area contributed by atoms with Gasteiger partial charge < -0.3 is 15.2 Å². The molecule has 0 aliphatic heterocycles. The Morgan fingerprint density at radius 2 is 2.11 bits per heavy atom. The Morgan fingerprint density at radius 1 is 1.44 bits per heavy atom. The Morgan fingerprint density at radius 3 is 2.61 bits per heavy atom. The van der Waals surface area contributed by atoms with Gasteiger partial charge in [-0.2, -0.15) is 0 Å². The molecule has 0 aliphatic carbocycles. The molecule has 0 bridgehead atoms. The molecule has 0 saturated heterocycles. The minimum Gasteiger partial charge on any atom is -0.478 e. The molecule has 0 aliphatic rings. The Bertz CT molecular complexity index is 427. The fourth-order valence-electron chi connectivity index (χ4n) is 1.60. The third-order valence-corrected chi connectivity index (χ3v) is 3.07. The normalized spacial score (nSPS) is 11.3. The summed E-state index contributed by atoms with van der Waals surface area (Å²) in [6.07, 6.45) is 0.879. The van der Waals surface area contributed by atoms with Crippen LogP contribution in [-0.4, -0.2) is 30.3 Å². The van der Waals surface area contributed by atoms with E-state index in [-0.39, 0.29) is 5.60 Å².